The molecule has 0 spiro atoms. The van der Waals surface area contributed by atoms with Gasteiger partial charge in [0.25, 0.3) is 5.91 Å². The summed E-state index contributed by atoms with van der Waals surface area (Å²) < 4.78 is 10.6. The Hall–Kier alpha value is -2.25. The van der Waals surface area contributed by atoms with Gasteiger partial charge in [-0.25, -0.2) is 0 Å². The van der Waals surface area contributed by atoms with Crippen molar-refractivity contribution in [1.82, 2.24) is 15.2 Å². The molecule has 2 aromatic heterocycles. The number of rotatable bonds is 8. The van der Waals surface area contributed by atoms with Gasteiger partial charge >= 0.3 is 0 Å². The van der Waals surface area contributed by atoms with E-state index in [9.17, 15) is 4.79 Å². The van der Waals surface area contributed by atoms with Gasteiger partial charge in [-0.3, -0.25) is 14.9 Å². The Morgan fingerprint density at radius 1 is 1.35 bits per heavy atom. The average Bonchev–Trinajstić information content (AvgIpc) is 2.93. The second-order valence-electron chi connectivity index (χ2n) is 5.01. The Labute approximate surface area is 135 Å². The molecule has 7 heteroatoms. The van der Waals surface area contributed by atoms with E-state index in [4.69, 9.17) is 9.47 Å². The van der Waals surface area contributed by atoms with Gasteiger partial charge in [0.15, 0.2) is 5.82 Å². The molecule has 2 aromatic rings. The Balaban J connectivity index is 1.95. The SMILES string of the molecule is CCOCCO[C@@H](C)C(=O)Nc1n[nH]c(-c2ccncc2)c1C. The van der Waals surface area contributed by atoms with E-state index in [1.165, 1.54) is 0 Å². The minimum atomic E-state index is -0.573. The summed E-state index contributed by atoms with van der Waals surface area (Å²) in [6, 6.07) is 3.76. The van der Waals surface area contributed by atoms with Crippen molar-refractivity contribution in [2.24, 2.45) is 0 Å². The van der Waals surface area contributed by atoms with Gasteiger partial charge in [0, 0.05) is 30.1 Å². The van der Waals surface area contributed by atoms with Gasteiger partial charge in [-0.15, -0.1) is 0 Å². The molecule has 0 fully saturated rings. The van der Waals surface area contributed by atoms with Crippen molar-refractivity contribution in [2.75, 3.05) is 25.1 Å². The molecule has 0 aliphatic heterocycles. The van der Waals surface area contributed by atoms with Crippen molar-refractivity contribution in [3.8, 4) is 11.3 Å². The fourth-order valence-corrected chi connectivity index (χ4v) is 2.04. The molecule has 0 radical (unpaired) electrons. The summed E-state index contributed by atoms with van der Waals surface area (Å²) in [7, 11) is 0. The fourth-order valence-electron chi connectivity index (χ4n) is 2.04. The Morgan fingerprint density at radius 2 is 2.09 bits per heavy atom. The maximum absolute atomic E-state index is 12.1. The molecule has 2 N–H and O–H groups in total. The van der Waals surface area contributed by atoms with Crippen LogP contribution in [0.2, 0.25) is 0 Å². The molecule has 0 saturated carbocycles. The Bertz CT molecular complexity index is 628. The van der Waals surface area contributed by atoms with Crippen LogP contribution in [0.3, 0.4) is 0 Å². The summed E-state index contributed by atoms with van der Waals surface area (Å²) in [6.07, 6.45) is 2.85. The van der Waals surface area contributed by atoms with Crippen LogP contribution < -0.4 is 5.32 Å². The molecule has 1 atom stereocenters. The number of ether oxygens (including phenoxy) is 2. The molecule has 0 aromatic carbocycles. The lowest BCUT2D eigenvalue weighted by atomic mass is 10.1. The number of hydrogen-bond acceptors (Lipinski definition) is 5. The highest BCUT2D eigenvalue weighted by Gasteiger charge is 2.17. The van der Waals surface area contributed by atoms with Gasteiger partial charge in [-0.2, -0.15) is 5.10 Å². The Morgan fingerprint density at radius 3 is 2.78 bits per heavy atom. The normalized spacial score (nSPS) is 12.1. The molecular formula is C16H22N4O3. The van der Waals surface area contributed by atoms with Gasteiger partial charge in [0.1, 0.15) is 6.10 Å². The van der Waals surface area contributed by atoms with Crippen molar-refractivity contribution >= 4 is 11.7 Å². The van der Waals surface area contributed by atoms with E-state index in [2.05, 4.69) is 20.5 Å². The smallest absolute Gasteiger partial charge is 0.254 e. The minimum absolute atomic E-state index is 0.239. The zero-order valence-corrected chi connectivity index (χ0v) is 13.6. The molecule has 7 nitrogen and oxygen atoms in total. The number of carbonyl (C=O) groups is 1. The number of aromatic amines is 1. The maximum atomic E-state index is 12.1. The largest absolute Gasteiger partial charge is 0.379 e. The van der Waals surface area contributed by atoms with Gasteiger partial charge < -0.3 is 14.8 Å². The first-order chi connectivity index (χ1) is 11.1. The zero-order chi connectivity index (χ0) is 16.7. The minimum Gasteiger partial charge on any atom is -0.379 e. The van der Waals surface area contributed by atoms with Crippen LogP contribution in [0.25, 0.3) is 11.3 Å². The van der Waals surface area contributed by atoms with Gasteiger partial charge in [-0.05, 0) is 32.9 Å². The topological polar surface area (TPSA) is 89.1 Å². The van der Waals surface area contributed by atoms with Crippen molar-refractivity contribution in [1.29, 1.82) is 0 Å². The van der Waals surface area contributed by atoms with Crippen molar-refractivity contribution in [2.45, 2.75) is 26.9 Å². The summed E-state index contributed by atoms with van der Waals surface area (Å²) in [5.74, 6) is 0.263. The molecule has 23 heavy (non-hydrogen) atoms. The van der Waals surface area contributed by atoms with Crippen molar-refractivity contribution in [3.05, 3.63) is 30.1 Å². The number of carbonyl (C=O) groups excluding carboxylic acids is 1. The molecule has 0 bridgehead atoms. The second kappa shape index (κ2) is 8.40. The van der Waals surface area contributed by atoms with Crippen molar-refractivity contribution in [3.63, 3.8) is 0 Å². The number of anilines is 1. The monoisotopic (exact) mass is 318 g/mol. The number of pyridine rings is 1. The Kier molecular flexibility index (Phi) is 6.25. The highest BCUT2D eigenvalue weighted by molar-refractivity contribution is 5.94. The van der Waals surface area contributed by atoms with Crippen LogP contribution in [0.5, 0.6) is 0 Å². The molecule has 0 aliphatic rings. The van der Waals surface area contributed by atoms with Gasteiger partial charge in [-0.1, -0.05) is 0 Å². The van der Waals surface area contributed by atoms with Crippen LogP contribution in [0.1, 0.15) is 19.4 Å². The third kappa shape index (κ3) is 4.61. The van der Waals surface area contributed by atoms with Crippen LogP contribution >= 0.6 is 0 Å². The lowest BCUT2D eigenvalue weighted by molar-refractivity contribution is -0.127. The van der Waals surface area contributed by atoms with E-state index >= 15 is 0 Å². The molecular weight excluding hydrogens is 296 g/mol. The molecule has 0 saturated heterocycles. The number of aromatic nitrogens is 3. The highest BCUT2D eigenvalue weighted by atomic mass is 16.5. The van der Waals surface area contributed by atoms with E-state index in [0.29, 0.717) is 25.6 Å². The standard InChI is InChI=1S/C16H22N4O3/c1-4-22-9-10-23-12(3)16(21)18-15-11(2)14(19-20-15)13-5-7-17-8-6-13/h5-8,12H,4,9-10H2,1-3H3,(H2,18,19,20,21)/t12-/m0/s1. The highest BCUT2D eigenvalue weighted by Crippen LogP contribution is 2.25. The first-order valence-corrected chi connectivity index (χ1v) is 7.59. The third-order valence-electron chi connectivity index (χ3n) is 3.39. The summed E-state index contributed by atoms with van der Waals surface area (Å²) in [6.45, 7) is 7.00. The summed E-state index contributed by atoms with van der Waals surface area (Å²) in [5, 5.41) is 9.89. The fraction of sp³-hybridized carbons (Fsp3) is 0.438. The van der Waals surface area contributed by atoms with Crippen LogP contribution in [-0.2, 0) is 14.3 Å². The van der Waals surface area contributed by atoms with Crippen LogP contribution in [-0.4, -0.2) is 47.0 Å². The van der Waals surface area contributed by atoms with E-state index < -0.39 is 6.10 Å². The lowest BCUT2D eigenvalue weighted by Crippen LogP contribution is -2.29. The summed E-state index contributed by atoms with van der Waals surface area (Å²) in [4.78, 5) is 16.1. The molecule has 0 aliphatic carbocycles. The molecule has 2 heterocycles. The number of hydrogen-bond donors (Lipinski definition) is 2. The predicted molar refractivity (Wildman–Crippen MR) is 87.1 cm³/mol. The molecule has 124 valence electrons. The predicted octanol–water partition coefficient (Wildman–Crippen LogP) is 2.16. The van der Waals surface area contributed by atoms with E-state index in [-0.39, 0.29) is 5.91 Å². The van der Waals surface area contributed by atoms with E-state index in [1.807, 2.05) is 26.0 Å². The van der Waals surface area contributed by atoms with Crippen molar-refractivity contribution < 1.29 is 14.3 Å². The first kappa shape index (κ1) is 17.1. The van der Waals surface area contributed by atoms with Gasteiger partial charge in [0.2, 0.25) is 0 Å². The molecule has 1 amide bonds. The number of amides is 1. The van der Waals surface area contributed by atoms with Crippen LogP contribution in [0, 0.1) is 6.92 Å². The second-order valence-corrected chi connectivity index (χ2v) is 5.01. The quantitative estimate of drug-likeness (QED) is 0.728. The van der Waals surface area contributed by atoms with E-state index in [0.717, 1.165) is 16.8 Å². The summed E-state index contributed by atoms with van der Waals surface area (Å²) in [5.41, 5.74) is 2.69. The van der Waals surface area contributed by atoms with E-state index in [1.54, 1.807) is 19.3 Å². The molecule has 2 rings (SSSR count). The van der Waals surface area contributed by atoms with Crippen LogP contribution in [0.4, 0.5) is 5.82 Å². The third-order valence-corrected chi connectivity index (χ3v) is 3.39. The zero-order valence-electron chi connectivity index (χ0n) is 13.6. The summed E-state index contributed by atoms with van der Waals surface area (Å²) >= 11 is 0. The first-order valence-electron chi connectivity index (χ1n) is 7.59. The lowest BCUT2D eigenvalue weighted by Gasteiger charge is -2.12. The molecule has 0 unspecified atom stereocenters. The van der Waals surface area contributed by atoms with Crippen LogP contribution in [0.15, 0.2) is 24.5 Å². The number of nitrogens with zero attached hydrogens (tertiary/aromatic N) is 2. The number of nitrogens with one attached hydrogen (secondary N) is 2. The maximum Gasteiger partial charge on any atom is 0.254 e. The van der Waals surface area contributed by atoms with Gasteiger partial charge in [0.05, 0.1) is 18.9 Å². The number of H-pyrrole nitrogens is 1. The average molecular weight is 318 g/mol.